The Hall–Kier alpha value is -1.15. The molecule has 2 unspecified atom stereocenters. The molecule has 2 aliphatic rings. The van der Waals surface area contributed by atoms with Crippen molar-refractivity contribution < 1.29 is 9.53 Å². The number of ketones is 1. The Kier molecular flexibility index (Phi) is 5.21. The number of hydrogen-bond acceptors (Lipinski definition) is 2. The molecular formula is C19H28O2. The first-order valence-electron chi connectivity index (χ1n) is 8.11. The van der Waals surface area contributed by atoms with Crippen LogP contribution in [0.3, 0.4) is 0 Å². The summed E-state index contributed by atoms with van der Waals surface area (Å²) in [6.45, 7) is 8.21. The maximum Gasteiger partial charge on any atom is 0.155 e. The maximum absolute atomic E-state index is 11.8. The molecule has 0 radical (unpaired) electrons. The number of rotatable bonds is 1. The van der Waals surface area contributed by atoms with Crippen molar-refractivity contribution in [3.8, 4) is 0 Å². The van der Waals surface area contributed by atoms with E-state index in [1.807, 2.05) is 0 Å². The number of allylic oxidation sites excluding steroid dienone is 5. The highest BCUT2D eigenvalue weighted by Gasteiger charge is 2.50. The van der Waals surface area contributed by atoms with E-state index >= 15 is 0 Å². The Morgan fingerprint density at radius 2 is 1.81 bits per heavy atom. The van der Waals surface area contributed by atoms with Gasteiger partial charge in [-0.2, -0.15) is 0 Å². The molecule has 0 spiro atoms. The van der Waals surface area contributed by atoms with E-state index in [9.17, 15) is 4.79 Å². The van der Waals surface area contributed by atoms with Gasteiger partial charge < -0.3 is 4.74 Å². The summed E-state index contributed by atoms with van der Waals surface area (Å²) < 4.78 is 5.85. The van der Waals surface area contributed by atoms with Crippen molar-refractivity contribution in [2.45, 2.75) is 77.9 Å². The molecule has 1 heterocycles. The molecule has 2 heteroatoms. The molecule has 1 fully saturated rings. The van der Waals surface area contributed by atoms with Gasteiger partial charge in [-0.25, -0.2) is 0 Å². The first kappa shape index (κ1) is 16.2. The Bertz CT molecular complexity index is 496. The SMILES string of the molecule is CC(=O)/C1=C/C2OC2(C)CC/C=C(\C)CC/C=C(\C)CC1. The standard InChI is InChI=1S/C19H28O2/c1-14-7-5-8-15(2)10-11-17(16(3)20)13-18-19(4,21-18)12-6-9-14/h8-9,13,18H,5-7,10-12H2,1-4H3/b14-9+,15-8+,17-13+. The predicted molar refractivity (Wildman–Crippen MR) is 87.3 cm³/mol. The van der Waals surface area contributed by atoms with E-state index in [1.54, 1.807) is 6.92 Å². The minimum atomic E-state index is -0.0630. The first-order valence-corrected chi connectivity index (χ1v) is 8.11. The van der Waals surface area contributed by atoms with Gasteiger partial charge in [0.1, 0.15) is 6.10 Å². The van der Waals surface area contributed by atoms with Crippen LogP contribution in [0, 0.1) is 0 Å². The topological polar surface area (TPSA) is 29.6 Å². The smallest absolute Gasteiger partial charge is 0.155 e. The van der Waals surface area contributed by atoms with Gasteiger partial charge in [-0.05, 0) is 77.9 Å². The summed E-state index contributed by atoms with van der Waals surface area (Å²) in [4.78, 5) is 11.8. The second kappa shape index (κ2) is 6.74. The number of carbonyl (C=O) groups excluding carboxylic acids is 1. The highest BCUT2D eigenvalue weighted by molar-refractivity contribution is 5.93. The average molecular weight is 288 g/mol. The summed E-state index contributed by atoms with van der Waals surface area (Å²) in [6, 6.07) is 0. The molecule has 116 valence electrons. The van der Waals surface area contributed by atoms with Crippen LogP contribution in [0.1, 0.15) is 66.2 Å². The van der Waals surface area contributed by atoms with Crippen molar-refractivity contribution >= 4 is 5.78 Å². The predicted octanol–water partition coefficient (Wildman–Crippen LogP) is 4.91. The van der Waals surface area contributed by atoms with Gasteiger partial charge in [0.05, 0.1) is 5.60 Å². The summed E-state index contributed by atoms with van der Waals surface area (Å²) in [5.74, 6) is 0.184. The van der Waals surface area contributed by atoms with Crippen LogP contribution in [0.25, 0.3) is 0 Å². The van der Waals surface area contributed by atoms with Gasteiger partial charge in [-0.1, -0.05) is 23.3 Å². The van der Waals surface area contributed by atoms with Gasteiger partial charge in [0, 0.05) is 0 Å². The second-order valence-corrected chi connectivity index (χ2v) is 6.78. The molecule has 0 saturated carbocycles. The Labute approximate surface area is 129 Å². The zero-order valence-corrected chi connectivity index (χ0v) is 13.9. The summed E-state index contributed by atoms with van der Waals surface area (Å²) in [5, 5.41) is 0. The van der Waals surface area contributed by atoms with Crippen molar-refractivity contribution in [1.29, 1.82) is 0 Å². The molecule has 0 amide bonds. The van der Waals surface area contributed by atoms with Crippen LogP contribution in [-0.4, -0.2) is 17.5 Å². The van der Waals surface area contributed by atoms with Crippen LogP contribution in [0.15, 0.2) is 34.9 Å². The molecule has 21 heavy (non-hydrogen) atoms. The first-order chi connectivity index (χ1) is 9.90. The summed E-state index contributed by atoms with van der Waals surface area (Å²) in [6.07, 6.45) is 13.0. The molecule has 2 atom stereocenters. The normalized spacial score (nSPS) is 38.7. The molecule has 1 saturated heterocycles. The molecule has 1 aliphatic carbocycles. The van der Waals surface area contributed by atoms with Gasteiger partial charge in [0.2, 0.25) is 0 Å². The molecule has 2 rings (SSSR count). The highest BCUT2D eigenvalue weighted by atomic mass is 16.6. The Balaban J connectivity index is 2.14. The quantitative estimate of drug-likeness (QED) is 0.507. The summed E-state index contributed by atoms with van der Waals surface area (Å²) >= 11 is 0. The van der Waals surface area contributed by atoms with Crippen LogP contribution >= 0.6 is 0 Å². The van der Waals surface area contributed by atoms with Crippen molar-refractivity contribution in [3.63, 3.8) is 0 Å². The van der Waals surface area contributed by atoms with Crippen LogP contribution in [0.5, 0.6) is 0 Å². The lowest BCUT2D eigenvalue weighted by molar-refractivity contribution is -0.113. The average Bonchev–Trinajstić information content (AvgIpc) is 3.03. The minimum Gasteiger partial charge on any atom is -0.362 e. The van der Waals surface area contributed by atoms with Crippen LogP contribution < -0.4 is 0 Å². The van der Waals surface area contributed by atoms with Crippen LogP contribution in [-0.2, 0) is 9.53 Å². The van der Waals surface area contributed by atoms with Crippen molar-refractivity contribution in [2.75, 3.05) is 0 Å². The fourth-order valence-electron chi connectivity index (χ4n) is 2.91. The molecule has 0 aromatic carbocycles. The van der Waals surface area contributed by atoms with Crippen molar-refractivity contribution in [3.05, 3.63) is 34.9 Å². The van der Waals surface area contributed by atoms with E-state index in [0.29, 0.717) is 0 Å². The number of carbonyl (C=O) groups is 1. The summed E-state index contributed by atoms with van der Waals surface area (Å²) in [7, 11) is 0. The zero-order chi connectivity index (χ0) is 15.5. The fraction of sp³-hybridized carbons (Fsp3) is 0.632. The van der Waals surface area contributed by atoms with Gasteiger partial charge in [-0.15, -0.1) is 0 Å². The Morgan fingerprint density at radius 3 is 2.52 bits per heavy atom. The number of epoxide rings is 1. The van der Waals surface area contributed by atoms with Crippen molar-refractivity contribution in [1.82, 2.24) is 0 Å². The molecule has 2 nitrogen and oxygen atoms in total. The van der Waals surface area contributed by atoms with Gasteiger partial charge >= 0.3 is 0 Å². The third kappa shape index (κ3) is 4.67. The Morgan fingerprint density at radius 1 is 1.14 bits per heavy atom. The van der Waals surface area contributed by atoms with E-state index in [0.717, 1.165) is 44.1 Å². The summed E-state index contributed by atoms with van der Waals surface area (Å²) in [5.41, 5.74) is 3.72. The molecule has 0 aromatic heterocycles. The van der Waals surface area contributed by atoms with Gasteiger partial charge in [-0.3, -0.25) is 4.79 Å². The van der Waals surface area contributed by atoms with E-state index in [-0.39, 0.29) is 17.5 Å². The van der Waals surface area contributed by atoms with E-state index in [4.69, 9.17) is 4.74 Å². The number of hydrogen-bond donors (Lipinski definition) is 0. The number of ether oxygens (including phenoxy) is 1. The molecular weight excluding hydrogens is 260 g/mol. The third-order valence-corrected chi connectivity index (χ3v) is 4.70. The van der Waals surface area contributed by atoms with E-state index < -0.39 is 0 Å². The van der Waals surface area contributed by atoms with Crippen LogP contribution in [0.2, 0.25) is 0 Å². The maximum atomic E-state index is 11.8. The lowest BCUT2D eigenvalue weighted by atomic mass is 9.95. The fourth-order valence-corrected chi connectivity index (χ4v) is 2.91. The van der Waals surface area contributed by atoms with Gasteiger partial charge in [0.25, 0.3) is 0 Å². The minimum absolute atomic E-state index is 0.0630. The zero-order valence-electron chi connectivity index (χ0n) is 13.9. The van der Waals surface area contributed by atoms with E-state index in [1.165, 1.54) is 11.1 Å². The monoisotopic (exact) mass is 288 g/mol. The van der Waals surface area contributed by atoms with Crippen molar-refractivity contribution in [2.24, 2.45) is 0 Å². The van der Waals surface area contributed by atoms with E-state index in [2.05, 4.69) is 39.0 Å². The number of Topliss-reactive ketones (excluding diaryl/α,β-unsaturated/α-hetero) is 1. The highest BCUT2D eigenvalue weighted by Crippen LogP contribution is 2.42. The molecule has 0 bridgehead atoms. The second-order valence-electron chi connectivity index (χ2n) is 6.78. The number of fused-ring (bicyclic) bond motifs is 1. The largest absolute Gasteiger partial charge is 0.362 e. The lowest BCUT2D eigenvalue weighted by Crippen LogP contribution is -2.09. The third-order valence-electron chi connectivity index (χ3n) is 4.70. The van der Waals surface area contributed by atoms with Gasteiger partial charge in [0.15, 0.2) is 5.78 Å². The molecule has 1 aliphatic heterocycles. The van der Waals surface area contributed by atoms with Crippen LogP contribution in [0.4, 0.5) is 0 Å². The molecule has 0 N–H and O–H groups in total. The molecule has 0 aromatic rings. The lowest BCUT2D eigenvalue weighted by Gasteiger charge is -2.08.